The van der Waals surface area contributed by atoms with Crippen LogP contribution in [0, 0.1) is 6.92 Å². The van der Waals surface area contributed by atoms with Crippen molar-refractivity contribution in [3.63, 3.8) is 0 Å². The van der Waals surface area contributed by atoms with E-state index in [1.54, 1.807) is 18.5 Å². The summed E-state index contributed by atoms with van der Waals surface area (Å²) < 4.78 is 2.73. The van der Waals surface area contributed by atoms with Gasteiger partial charge in [0.15, 0.2) is 5.82 Å². The first-order chi connectivity index (χ1) is 13.6. The Morgan fingerprint density at radius 1 is 1.25 bits per heavy atom. The lowest BCUT2D eigenvalue weighted by Crippen LogP contribution is -2.14. The second kappa shape index (κ2) is 7.47. The number of aryl methyl sites for hydroxylation is 2. The van der Waals surface area contributed by atoms with Gasteiger partial charge >= 0.3 is 0 Å². The summed E-state index contributed by atoms with van der Waals surface area (Å²) in [5.41, 5.74) is 2.71. The molecule has 8 heteroatoms. The van der Waals surface area contributed by atoms with Crippen molar-refractivity contribution in [2.45, 2.75) is 20.4 Å². The number of hydrogen-bond donors (Lipinski definition) is 1. The van der Waals surface area contributed by atoms with Crippen LogP contribution in [0.4, 0.5) is 5.95 Å². The quantitative estimate of drug-likeness (QED) is 0.489. The van der Waals surface area contributed by atoms with E-state index in [1.165, 1.54) is 0 Å². The lowest BCUT2D eigenvalue weighted by Gasteiger charge is -2.11. The predicted octanol–water partition coefficient (Wildman–Crippen LogP) is 4.02. The Labute approximate surface area is 169 Å². The van der Waals surface area contributed by atoms with Crippen LogP contribution in [0.25, 0.3) is 22.4 Å². The van der Waals surface area contributed by atoms with E-state index in [1.807, 2.05) is 48.7 Å². The normalized spacial score (nSPS) is 11.5. The molecule has 4 aromatic rings. The van der Waals surface area contributed by atoms with Crippen LogP contribution in [-0.4, -0.2) is 30.9 Å². The maximum absolute atomic E-state index is 13.0. The lowest BCUT2D eigenvalue weighted by molar-refractivity contribution is 0.775. The summed E-state index contributed by atoms with van der Waals surface area (Å²) in [5, 5.41) is 7.46. The van der Waals surface area contributed by atoms with Gasteiger partial charge in [0.2, 0.25) is 5.43 Å². The molecule has 7 nitrogen and oxygen atoms in total. The Morgan fingerprint density at radius 2 is 2.04 bits per heavy atom. The van der Waals surface area contributed by atoms with Crippen LogP contribution in [0.3, 0.4) is 0 Å². The molecule has 3 aromatic heterocycles. The molecule has 28 heavy (non-hydrogen) atoms. The van der Waals surface area contributed by atoms with Crippen LogP contribution in [0.5, 0.6) is 0 Å². The van der Waals surface area contributed by atoms with Crippen LogP contribution < -0.4 is 5.43 Å². The van der Waals surface area contributed by atoms with Gasteiger partial charge in [0.25, 0.3) is 5.95 Å². The van der Waals surface area contributed by atoms with Gasteiger partial charge in [0, 0.05) is 23.4 Å². The smallest absolute Gasteiger partial charge is 0.268 e. The zero-order valence-electron chi connectivity index (χ0n) is 15.3. The molecule has 0 amide bonds. The average Bonchev–Trinajstić information content (AvgIpc) is 3.18. The minimum atomic E-state index is -0.150. The molecule has 0 spiro atoms. The molecule has 0 aliphatic heterocycles. The Morgan fingerprint density at radius 3 is 2.79 bits per heavy atom. The summed E-state index contributed by atoms with van der Waals surface area (Å²) in [5.74, 6) is 0.649. The SMILES string of the molecule is CCn1cc(-c2nc(N=Cc3ccccc3)n[nH]2)c(=O)c2cc(Br)c(C)nc21. The molecule has 1 aromatic carbocycles. The van der Waals surface area contributed by atoms with Crippen LogP contribution in [0.1, 0.15) is 18.2 Å². The van der Waals surface area contributed by atoms with Crippen molar-refractivity contribution in [1.82, 2.24) is 24.7 Å². The number of fused-ring (bicyclic) bond motifs is 1. The molecule has 3 heterocycles. The molecular weight excluding hydrogens is 420 g/mol. The number of benzene rings is 1. The van der Waals surface area contributed by atoms with Gasteiger partial charge in [0.1, 0.15) is 5.65 Å². The lowest BCUT2D eigenvalue weighted by atomic mass is 10.1. The minimum absolute atomic E-state index is 0.150. The highest BCUT2D eigenvalue weighted by atomic mass is 79.9. The van der Waals surface area contributed by atoms with Crippen LogP contribution in [0.2, 0.25) is 0 Å². The molecule has 1 N–H and O–H groups in total. The fourth-order valence-electron chi connectivity index (χ4n) is 2.89. The largest absolute Gasteiger partial charge is 0.332 e. The molecule has 0 atom stereocenters. The van der Waals surface area contributed by atoms with Gasteiger partial charge in [-0.3, -0.25) is 9.89 Å². The second-order valence-electron chi connectivity index (χ2n) is 6.24. The topological polar surface area (TPSA) is 88.8 Å². The molecule has 0 unspecified atom stereocenters. The number of rotatable bonds is 4. The predicted molar refractivity (Wildman–Crippen MR) is 113 cm³/mol. The van der Waals surface area contributed by atoms with E-state index in [2.05, 4.69) is 41.1 Å². The molecular formula is C20H17BrN6O. The van der Waals surface area contributed by atoms with Crippen molar-refractivity contribution in [2.75, 3.05) is 0 Å². The zero-order chi connectivity index (χ0) is 19.7. The van der Waals surface area contributed by atoms with Crippen molar-refractivity contribution in [1.29, 1.82) is 0 Å². The van der Waals surface area contributed by atoms with E-state index in [-0.39, 0.29) is 11.4 Å². The fourth-order valence-corrected chi connectivity index (χ4v) is 3.20. The summed E-state index contributed by atoms with van der Waals surface area (Å²) >= 11 is 3.46. The maximum Gasteiger partial charge on any atom is 0.268 e. The van der Waals surface area contributed by atoms with E-state index >= 15 is 0 Å². The molecule has 0 fully saturated rings. The summed E-state index contributed by atoms with van der Waals surface area (Å²) in [6, 6.07) is 11.5. The number of nitrogens with zero attached hydrogens (tertiary/aromatic N) is 5. The fraction of sp³-hybridized carbons (Fsp3) is 0.150. The van der Waals surface area contributed by atoms with Gasteiger partial charge in [-0.2, -0.15) is 4.98 Å². The van der Waals surface area contributed by atoms with Crippen molar-refractivity contribution < 1.29 is 0 Å². The van der Waals surface area contributed by atoms with Crippen LogP contribution >= 0.6 is 15.9 Å². The van der Waals surface area contributed by atoms with Gasteiger partial charge in [-0.15, -0.1) is 5.10 Å². The standard InChI is InChI=1S/C20H17BrN6O/c1-3-27-11-15(17(28)14-9-16(21)12(2)23-19(14)27)18-24-20(26-25-18)22-10-13-7-5-4-6-8-13/h4-11H,3H2,1-2H3,(H,24,25,26). The molecule has 0 aliphatic carbocycles. The molecule has 0 radical (unpaired) electrons. The van der Waals surface area contributed by atoms with Gasteiger partial charge in [-0.1, -0.05) is 30.3 Å². The van der Waals surface area contributed by atoms with Crippen molar-refractivity contribution in [3.8, 4) is 11.4 Å². The third-order valence-electron chi connectivity index (χ3n) is 4.38. The number of hydrogen-bond acceptors (Lipinski definition) is 5. The third kappa shape index (κ3) is 3.38. The second-order valence-corrected chi connectivity index (χ2v) is 7.09. The van der Waals surface area contributed by atoms with E-state index < -0.39 is 0 Å². The minimum Gasteiger partial charge on any atom is -0.332 e. The number of halogens is 1. The molecule has 0 aliphatic rings. The average molecular weight is 437 g/mol. The number of H-pyrrole nitrogens is 1. The maximum atomic E-state index is 13.0. The van der Waals surface area contributed by atoms with E-state index in [0.717, 1.165) is 15.7 Å². The van der Waals surface area contributed by atoms with E-state index in [0.29, 0.717) is 29.0 Å². The molecule has 140 valence electrons. The Bertz CT molecular complexity index is 1240. The summed E-state index contributed by atoms with van der Waals surface area (Å²) in [7, 11) is 0. The van der Waals surface area contributed by atoms with Gasteiger partial charge in [-0.25, -0.2) is 9.98 Å². The number of aliphatic imine (C=N–C) groups is 1. The van der Waals surface area contributed by atoms with Crippen LogP contribution in [0.15, 0.2) is 56.9 Å². The van der Waals surface area contributed by atoms with Crippen molar-refractivity contribution >= 4 is 39.1 Å². The van der Waals surface area contributed by atoms with E-state index in [9.17, 15) is 4.79 Å². The van der Waals surface area contributed by atoms with E-state index in [4.69, 9.17) is 0 Å². The van der Waals surface area contributed by atoms with Crippen molar-refractivity contribution in [3.05, 3.63) is 68.5 Å². The summed E-state index contributed by atoms with van der Waals surface area (Å²) in [6.45, 7) is 4.57. The van der Waals surface area contributed by atoms with Gasteiger partial charge < -0.3 is 4.57 Å². The zero-order valence-corrected chi connectivity index (χ0v) is 16.9. The van der Waals surface area contributed by atoms with Crippen molar-refractivity contribution in [2.24, 2.45) is 4.99 Å². The molecule has 4 rings (SSSR count). The Hall–Kier alpha value is -3.13. The van der Waals surface area contributed by atoms with Crippen LogP contribution in [-0.2, 0) is 6.54 Å². The molecule has 0 saturated heterocycles. The highest BCUT2D eigenvalue weighted by Crippen LogP contribution is 2.22. The Kier molecular flexibility index (Phi) is 4.87. The molecule has 0 bridgehead atoms. The monoisotopic (exact) mass is 436 g/mol. The number of nitrogens with one attached hydrogen (secondary N) is 1. The molecule has 0 saturated carbocycles. The first kappa shape index (κ1) is 18.2. The van der Waals surface area contributed by atoms with Gasteiger partial charge in [-0.05, 0) is 41.4 Å². The van der Waals surface area contributed by atoms with Gasteiger partial charge in [0.05, 0.1) is 16.6 Å². The third-order valence-corrected chi connectivity index (χ3v) is 5.18. The number of pyridine rings is 2. The highest BCUT2D eigenvalue weighted by molar-refractivity contribution is 9.10. The first-order valence-corrected chi connectivity index (χ1v) is 9.58. The summed E-state index contributed by atoms with van der Waals surface area (Å²) in [6.07, 6.45) is 3.44. The first-order valence-electron chi connectivity index (χ1n) is 8.79. The Balaban J connectivity index is 1.79. The summed E-state index contributed by atoms with van der Waals surface area (Å²) in [4.78, 5) is 26.2. The number of aromatic nitrogens is 5. The number of aromatic amines is 1. The highest BCUT2D eigenvalue weighted by Gasteiger charge is 2.16.